The molecular weight excluding hydrogens is 456 g/mol. The van der Waals surface area contributed by atoms with Gasteiger partial charge in [-0.1, -0.05) is 18.6 Å². The summed E-state index contributed by atoms with van der Waals surface area (Å²) >= 11 is 0. The second-order valence-electron chi connectivity index (χ2n) is 8.57. The first-order valence-corrected chi connectivity index (χ1v) is 12.4. The van der Waals surface area contributed by atoms with E-state index in [0.29, 0.717) is 35.8 Å². The van der Waals surface area contributed by atoms with E-state index in [-0.39, 0.29) is 11.9 Å². The molecule has 11 heteroatoms. The zero-order valence-electron chi connectivity index (χ0n) is 19.1. The van der Waals surface area contributed by atoms with Crippen LogP contribution in [0.5, 0.6) is 5.88 Å². The van der Waals surface area contributed by atoms with Gasteiger partial charge in [0.25, 0.3) is 0 Å². The first-order chi connectivity index (χ1) is 16.2. The predicted molar refractivity (Wildman–Crippen MR) is 128 cm³/mol. The van der Waals surface area contributed by atoms with Crippen molar-refractivity contribution in [3.05, 3.63) is 54.6 Å². The molecule has 2 aromatic heterocycles. The first-order valence-electron chi connectivity index (χ1n) is 10.8. The summed E-state index contributed by atoms with van der Waals surface area (Å²) < 4.78 is 32.4. The first kappa shape index (κ1) is 23.6. The minimum Gasteiger partial charge on any atom is -0.480 e. The Morgan fingerprint density at radius 1 is 1.09 bits per heavy atom. The lowest BCUT2D eigenvalue weighted by molar-refractivity contribution is -0.120. The van der Waals surface area contributed by atoms with E-state index < -0.39 is 20.7 Å². The maximum atomic E-state index is 13.1. The van der Waals surface area contributed by atoms with Crippen molar-refractivity contribution >= 4 is 27.6 Å². The molecule has 0 atom stereocenters. The zero-order chi connectivity index (χ0) is 24.3. The third-order valence-corrected chi connectivity index (χ3v) is 7.66. The third kappa shape index (κ3) is 4.98. The lowest BCUT2D eigenvalue weighted by Crippen LogP contribution is -2.36. The highest BCUT2D eigenvalue weighted by atomic mass is 32.2. The average molecular weight is 483 g/mol. The molecule has 3 aromatic rings. The zero-order valence-corrected chi connectivity index (χ0v) is 20.0. The average Bonchev–Trinajstić information content (AvgIpc) is 2.78. The maximum absolute atomic E-state index is 13.1. The molecule has 2 N–H and O–H groups in total. The number of ether oxygens (including phenoxy) is 1. The quantitative estimate of drug-likeness (QED) is 0.500. The fourth-order valence-electron chi connectivity index (χ4n) is 3.36. The molecule has 1 aliphatic carbocycles. The topological polar surface area (TPSA) is 136 Å². The normalized spacial score (nSPS) is 14.2. The number of anilines is 2. The smallest absolute Gasteiger partial charge is 0.237 e. The number of sulfonamides is 1. The van der Waals surface area contributed by atoms with Gasteiger partial charge in [-0.25, -0.2) is 23.4 Å². The highest BCUT2D eigenvalue weighted by molar-refractivity contribution is 7.93. The Kier molecular flexibility index (Phi) is 6.47. The fraction of sp³-hybridized carbons (Fsp3) is 0.348. The van der Waals surface area contributed by atoms with E-state index in [4.69, 9.17) is 4.74 Å². The summed E-state index contributed by atoms with van der Waals surface area (Å²) in [6.45, 7) is 3.43. The van der Waals surface area contributed by atoms with Gasteiger partial charge in [-0.3, -0.25) is 14.5 Å². The van der Waals surface area contributed by atoms with Crippen molar-refractivity contribution in [1.82, 2.24) is 19.9 Å². The van der Waals surface area contributed by atoms with Crippen LogP contribution in [-0.4, -0.2) is 46.6 Å². The number of amides is 1. The van der Waals surface area contributed by atoms with Gasteiger partial charge in [-0.05, 0) is 44.9 Å². The van der Waals surface area contributed by atoms with Crippen LogP contribution in [0.4, 0.5) is 11.6 Å². The van der Waals surface area contributed by atoms with E-state index in [1.54, 1.807) is 38.2 Å². The lowest BCUT2D eigenvalue weighted by Gasteiger charge is -2.26. The van der Waals surface area contributed by atoms with Crippen molar-refractivity contribution in [3.63, 3.8) is 0 Å². The van der Waals surface area contributed by atoms with Crippen LogP contribution in [0.1, 0.15) is 38.8 Å². The molecule has 10 nitrogen and oxygen atoms in total. The molecule has 0 spiro atoms. The van der Waals surface area contributed by atoms with Crippen molar-refractivity contribution in [2.75, 3.05) is 17.1 Å². The summed E-state index contributed by atoms with van der Waals surface area (Å²) in [7, 11) is -2.01. The van der Waals surface area contributed by atoms with Gasteiger partial charge in [-0.2, -0.15) is 0 Å². The number of hydrogen-bond donors (Lipinski definition) is 2. The summed E-state index contributed by atoms with van der Waals surface area (Å²) in [4.78, 5) is 29.9. The Bertz CT molecular complexity index is 1290. The van der Waals surface area contributed by atoms with Gasteiger partial charge >= 0.3 is 0 Å². The van der Waals surface area contributed by atoms with Crippen molar-refractivity contribution in [1.29, 1.82) is 0 Å². The van der Waals surface area contributed by atoms with Gasteiger partial charge in [0.05, 0.1) is 41.6 Å². The van der Waals surface area contributed by atoms with Crippen molar-refractivity contribution < 1.29 is 17.9 Å². The molecule has 1 amide bonds. The number of nitrogens with one attached hydrogen (secondary N) is 2. The Morgan fingerprint density at radius 2 is 1.82 bits per heavy atom. The Balaban J connectivity index is 1.47. The van der Waals surface area contributed by atoms with Crippen LogP contribution >= 0.6 is 0 Å². The summed E-state index contributed by atoms with van der Waals surface area (Å²) in [5.74, 6) is 0.0813. The van der Waals surface area contributed by atoms with Crippen LogP contribution in [0.3, 0.4) is 0 Å². The Morgan fingerprint density at radius 3 is 2.47 bits per heavy atom. The van der Waals surface area contributed by atoms with Crippen LogP contribution in [-0.2, 0) is 20.2 Å². The summed E-state index contributed by atoms with van der Waals surface area (Å²) in [6, 6.07) is 8.78. The number of benzene rings is 1. The van der Waals surface area contributed by atoms with E-state index >= 15 is 0 Å². The fourth-order valence-corrected chi connectivity index (χ4v) is 4.83. The van der Waals surface area contributed by atoms with E-state index in [1.807, 2.05) is 12.1 Å². The second kappa shape index (κ2) is 9.34. The molecule has 0 saturated heterocycles. The number of hydrogen-bond acceptors (Lipinski definition) is 8. The standard InChI is InChI=1S/C23H26N6O4S/c1-23(2,19-11-12-25-22(28-19)29-34(31,32)17-5-4-6-17)21(30)26-16-9-7-15(8-10-16)18-13-24-14-20(27-18)33-3/h7-14,17H,4-6H2,1-3H3,(H,26,30)(H,25,28,29). The molecule has 0 radical (unpaired) electrons. The monoisotopic (exact) mass is 482 g/mol. The maximum Gasteiger partial charge on any atom is 0.237 e. The molecule has 0 aliphatic heterocycles. The van der Waals surface area contributed by atoms with E-state index in [1.165, 1.54) is 19.5 Å². The summed E-state index contributed by atoms with van der Waals surface area (Å²) in [5.41, 5.74) is 1.42. The molecule has 2 heterocycles. The molecule has 178 valence electrons. The predicted octanol–water partition coefficient (Wildman–Crippen LogP) is 3.15. The number of rotatable bonds is 8. The highest BCUT2D eigenvalue weighted by Crippen LogP contribution is 2.28. The molecule has 1 aliphatic rings. The lowest BCUT2D eigenvalue weighted by atomic mass is 9.88. The van der Waals surface area contributed by atoms with Gasteiger partial charge in [0.1, 0.15) is 0 Å². The van der Waals surface area contributed by atoms with Crippen molar-refractivity contribution in [2.24, 2.45) is 0 Å². The third-order valence-electron chi connectivity index (χ3n) is 5.85. The summed E-state index contributed by atoms with van der Waals surface area (Å²) in [6.07, 6.45) is 6.76. The Hall–Kier alpha value is -3.60. The number of methoxy groups -OCH3 is 1. The van der Waals surface area contributed by atoms with Gasteiger partial charge in [-0.15, -0.1) is 0 Å². The van der Waals surface area contributed by atoms with Crippen molar-refractivity contribution in [2.45, 2.75) is 43.8 Å². The largest absolute Gasteiger partial charge is 0.480 e. The molecule has 34 heavy (non-hydrogen) atoms. The van der Waals surface area contributed by atoms with Gasteiger partial charge in [0.2, 0.25) is 27.8 Å². The highest BCUT2D eigenvalue weighted by Gasteiger charge is 2.34. The molecule has 1 saturated carbocycles. The minimum absolute atomic E-state index is 0.0333. The molecule has 0 bridgehead atoms. The number of carbonyl (C=O) groups excluding carboxylic acids is 1. The number of aromatic nitrogens is 4. The van der Waals surface area contributed by atoms with Gasteiger partial charge < -0.3 is 10.1 Å². The number of carbonyl (C=O) groups is 1. The molecule has 1 fully saturated rings. The van der Waals surface area contributed by atoms with Crippen LogP contribution in [0.15, 0.2) is 48.9 Å². The second-order valence-corrected chi connectivity index (χ2v) is 10.5. The van der Waals surface area contributed by atoms with Crippen LogP contribution in [0.2, 0.25) is 0 Å². The van der Waals surface area contributed by atoms with E-state index in [2.05, 4.69) is 30.0 Å². The SMILES string of the molecule is COc1cncc(-c2ccc(NC(=O)C(C)(C)c3ccnc(NS(=O)(=O)C4CCC4)n3)cc2)n1. The van der Waals surface area contributed by atoms with E-state index in [0.717, 1.165) is 12.0 Å². The van der Waals surface area contributed by atoms with E-state index in [9.17, 15) is 13.2 Å². The van der Waals surface area contributed by atoms with Crippen LogP contribution < -0.4 is 14.8 Å². The Labute approximate surface area is 198 Å². The molecule has 0 unspecified atom stereocenters. The molecule has 4 rings (SSSR count). The minimum atomic E-state index is -3.53. The molecule has 1 aromatic carbocycles. The van der Waals surface area contributed by atoms with Gasteiger partial charge in [0.15, 0.2) is 0 Å². The van der Waals surface area contributed by atoms with Gasteiger partial charge in [0, 0.05) is 17.4 Å². The number of nitrogens with zero attached hydrogens (tertiary/aromatic N) is 4. The van der Waals surface area contributed by atoms with Crippen LogP contribution in [0, 0.1) is 0 Å². The summed E-state index contributed by atoms with van der Waals surface area (Å²) in [5, 5.41) is 2.47. The van der Waals surface area contributed by atoms with Crippen molar-refractivity contribution in [3.8, 4) is 17.1 Å². The molecular formula is C23H26N6O4S. The van der Waals surface area contributed by atoms with Crippen LogP contribution in [0.25, 0.3) is 11.3 Å².